The zero-order valence-electron chi connectivity index (χ0n) is 7.49. The number of hydrogen-bond acceptors (Lipinski definition) is 4. The SMILES string of the molecule is COc1cc(Br)cc(CN)c1[N+](=O)[O-]. The maximum absolute atomic E-state index is 10.7. The molecule has 0 radical (unpaired) electrons. The topological polar surface area (TPSA) is 78.4 Å². The summed E-state index contributed by atoms with van der Waals surface area (Å²) >= 11 is 3.22. The Morgan fingerprint density at radius 3 is 2.71 bits per heavy atom. The van der Waals surface area contributed by atoms with Crippen LogP contribution in [0.5, 0.6) is 5.75 Å². The van der Waals surface area contributed by atoms with Gasteiger partial charge in [-0.15, -0.1) is 0 Å². The Morgan fingerprint density at radius 2 is 2.29 bits per heavy atom. The minimum absolute atomic E-state index is 0.0711. The fraction of sp³-hybridized carbons (Fsp3) is 0.250. The van der Waals surface area contributed by atoms with Crippen LogP contribution in [0.1, 0.15) is 5.56 Å². The monoisotopic (exact) mass is 260 g/mol. The number of nitro groups is 1. The second kappa shape index (κ2) is 4.39. The number of nitrogens with zero attached hydrogens (tertiary/aromatic N) is 1. The molecule has 0 unspecified atom stereocenters. The molecule has 0 bridgehead atoms. The van der Waals surface area contributed by atoms with Crippen LogP contribution in [0.4, 0.5) is 5.69 Å². The van der Waals surface area contributed by atoms with E-state index in [4.69, 9.17) is 10.5 Å². The Kier molecular flexibility index (Phi) is 3.43. The van der Waals surface area contributed by atoms with Gasteiger partial charge in [0.05, 0.1) is 12.0 Å². The molecule has 1 aromatic rings. The first-order chi connectivity index (χ1) is 6.60. The number of hydrogen-bond donors (Lipinski definition) is 1. The molecule has 0 aromatic heterocycles. The molecular formula is C8H9BrN2O3. The minimum Gasteiger partial charge on any atom is -0.490 e. The van der Waals surface area contributed by atoms with Crippen LogP contribution >= 0.6 is 15.9 Å². The lowest BCUT2D eigenvalue weighted by molar-refractivity contribution is -0.386. The molecule has 6 heteroatoms. The van der Waals surface area contributed by atoms with Gasteiger partial charge in [-0.3, -0.25) is 10.1 Å². The predicted molar refractivity (Wildman–Crippen MR) is 55.2 cm³/mol. The third-order valence-electron chi connectivity index (χ3n) is 1.74. The fourth-order valence-corrected chi connectivity index (χ4v) is 1.63. The molecule has 5 nitrogen and oxygen atoms in total. The van der Waals surface area contributed by atoms with E-state index in [0.717, 1.165) is 0 Å². The molecule has 1 aromatic carbocycles. The Labute approximate surface area is 89.1 Å². The van der Waals surface area contributed by atoms with Crippen molar-refractivity contribution in [2.24, 2.45) is 5.73 Å². The molecule has 1 rings (SSSR count). The molecular weight excluding hydrogens is 252 g/mol. The van der Waals surface area contributed by atoms with Gasteiger partial charge in [0.25, 0.3) is 0 Å². The molecule has 0 aliphatic carbocycles. The second-order valence-electron chi connectivity index (χ2n) is 2.58. The average molecular weight is 261 g/mol. The molecule has 0 amide bonds. The van der Waals surface area contributed by atoms with E-state index >= 15 is 0 Å². The lowest BCUT2D eigenvalue weighted by atomic mass is 10.1. The molecule has 0 heterocycles. The number of benzene rings is 1. The van der Waals surface area contributed by atoms with E-state index in [2.05, 4.69) is 15.9 Å². The Morgan fingerprint density at radius 1 is 1.64 bits per heavy atom. The van der Waals surface area contributed by atoms with Crippen LogP contribution in [-0.4, -0.2) is 12.0 Å². The summed E-state index contributed by atoms with van der Waals surface area (Å²) in [5.41, 5.74) is 5.77. The van der Waals surface area contributed by atoms with Crippen LogP contribution in [0.2, 0.25) is 0 Å². The van der Waals surface area contributed by atoms with Crippen molar-refractivity contribution in [2.45, 2.75) is 6.54 Å². The maximum Gasteiger partial charge on any atom is 0.315 e. The van der Waals surface area contributed by atoms with E-state index in [9.17, 15) is 10.1 Å². The summed E-state index contributed by atoms with van der Waals surface area (Å²) in [4.78, 5) is 10.2. The summed E-state index contributed by atoms with van der Waals surface area (Å²) in [7, 11) is 1.38. The number of ether oxygens (including phenoxy) is 1. The number of halogens is 1. The van der Waals surface area contributed by atoms with Crippen molar-refractivity contribution in [3.05, 3.63) is 32.3 Å². The first-order valence-electron chi connectivity index (χ1n) is 3.81. The summed E-state index contributed by atoms with van der Waals surface area (Å²) in [5, 5.41) is 10.7. The molecule has 0 atom stereocenters. The Hall–Kier alpha value is -1.14. The number of rotatable bonds is 3. The van der Waals surface area contributed by atoms with Crippen molar-refractivity contribution < 1.29 is 9.66 Å². The van der Waals surface area contributed by atoms with Crippen molar-refractivity contribution in [3.8, 4) is 5.75 Å². The van der Waals surface area contributed by atoms with Gasteiger partial charge in [-0.1, -0.05) is 15.9 Å². The van der Waals surface area contributed by atoms with Gasteiger partial charge in [-0.2, -0.15) is 0 Å². The van der Waals surface area contributed by atoms with E-state index in [1.807, 2.05) is 0 Å². The van der Waals surface area contributed by atoms with E-state index in [0.29, 0.717) is 10.0 Å². The van der Waals surface area contributed by atoms with Crippen LogP contribution in [0.15, 0.2) is 16.6 Å². The van der Waals surface area contributed by atoms with E-state index in [-0.39, 0.29) is 18.0 Å². The van der Waals surface area contributed by atoms with Crippen LogP contribution in [0, 0.1) is 10.1 Å². The van der Waals surface area contributed by atoms with Crippen molar-refractivity contribution in [2.75, 3.05) is 7.11 Å². The van der Waals surface area contributed by atoms with Gasteiger partial charge in [-0.05, 0) is 6.07 Å². The normalized spacial score (nSPS) is 9.93. The molecule has 2 N–H and O–H groups in total. The standard InChI is InChI=1S/C8H9BrN2O3/c1-14-7-3-6(9)2-5(4-10)8(7)11(12)13/h2-3H,4,10H2,1H3. The third kappa shape index (κ3) is 2.02. The molecule has 0 fully saturated rings. The first-order valence-corrected chi connectivity index (χ1v) is 4.60. The summed E-state index contributed by atoms with van der Waals surface area (Å²) in [6.45, 7) is 0.103. The van der Waals surface area contributed by atoms with E-state index in [1.54, 1.807) is 6.07 Å². The fourth-order valence-electron chi connectivity index (χ4n) is 1.15. The Balaban J connectivity index is 3.40. The molecule has 0 aliphatic rings. The van der Waals surface area contributed by atoms with Gasteiger partial charge in [0.15, 0.2) is 5.75 Å². The zero-order valence-corrected chi connectivity index (χ0v) is 9.08. The summed E-state index contributed by atoms with van der Waals surface area (Å²) in [6, 6.07) is 3.15. The highest BCUT2D eigenvalue weighted by atomic mass is 79.9. The molecule has 0 saturated heterocycles. The van der Waals surface area contributed by atoms with Crippen molar-refractivity contribution in [3.63, 3.8) is 0 Å². The van der Waals surface area contributed by atoms with Gasteiger partial charge in [0.1, 0.15) is 0 Å². The van der Waals surface area contributed by atoms with Gasteiger partial charge in [0, 0.05) is 22.6 Å². The molecule has 0 aliphatic heterocycles. The molecule has 76 valence electrons. The van der Waals surface area contributed by atoms with Crippen LogP contribution in [0.25, 0.3) is 0 Å². The number of nitrogens with two attached hydrogens (primary N) is 1. The summed E-state index contributed by atoms with van der Waals surface area (Å²) < 4.78 is 5.61. The van der Waals surface area contributed by atoms with Crippen molar-refractivity contribution >= 4 is 21.6 Å². The van der Waals surface area contributed by atoms with Crippen LogP contribution in [-0.2, 0) is 6.54 Å². The average Bonchev–Trinajstić information content (AvgIpc) is 2.15. The van der Waals surface area contributed by atoms with E-state index in [1.165, 1.54) is 13.2 Å². The summed E-state index contributed by atoms with van der Waals surface area (Å²) in [5.74, 6) is 0.213. The Bertz CT molecular complexity index is 343. The largest absolute Gasteiger partial charge is 0.490 e. The maximum atomic E-state index is 10.7. The summed E-state index contributed by atoms with van der Waals surface area (Å²) in [6.07, 6.45) is 0. The predicted octanol–water partition coefficient (Wildman–Crippen LogP) is 1.82. The molecule has 0 spiro atoms. The third-order valence-corrected chi connectivity index (χ3v) is 2.20. The smallest absolute Gasteiger partial charge is 0.315 e. The second-order valence-corrected chi connectivity index (χ2v) is 3.49. The van der Waals surface area contributed by atoms with Crippen LogP contribution in [0.3, 0.4) is 0 Å². The van der Waals surface area contributed by atoms with Gasteiger partial charge >= 0.3 is 5.69 Å². The highest BCUT2D eigenvalue weighted by molar-refractivity contribution is 9.10. The number of nitro benzene ring substituents is 1. The molecule has 0 saturated carbocycles. The van der Waals surface area contributed by atoms with Crippen molar-refractivity contribution in [1.82, 2.24) is 0 Å². The zero-order chi connectivity index (χ0) is 10.7. The highest BCUT2D eigenvalue weighted by Gasteiger charge is 2.20. The van der Waals surface area contributed by atoms with Gasteiger partial charge < -0.3 is 10.5 Å². The van der Waals surface area contributed by atoms with Crippen molar-refractivity contribution in [1.29, 1.82) is 0 Å². The lowest BCUT2D eigenvalue weighted by Crippen LogP contribution is -2.03. The minimum atomic E-state index is -0.493. The van der Waals surface area contributed by atoms with Gasteiger partial charge in [-0.25, -0.2) is 0 Å². The molecule has 14 heavy (non-hydrogen) atoms. The number of methoxy groups -OCH3 is 1. The quantitative estimate of drug-likeness (QED) is 0.664. The highest BCUT2D eigenvalue weighted by Crippen LogP contribution is 2.33. The van der Waals surface area contributed by atoms with Gasteiger partial charge in [0.2, 0.25) is 0 Å². The lowest BCUT2D eigenvalue weighted by Gasteiger charge is -2.06. The van der Waals surface area contributed by atoms with Crippen LogP contribution < -0.4 is 10.5 Å². The van der Waals surface area contributed by atoms with E-state index < -0.39 is 4.92 Å². The first kappa shape index (κ1) is 10.9.